The lowest BCUT2D eigenvalue weighted by Gasteiger charge is -2.25. The Morgan fingerprint density at radius 2 is 1.68 bits per heavy atom. The van der Waals surface area contributed by atoms with Crippen LogP contribution in [0.2, 0.25) is 0 Å². The summed E-state index contributed by atoms with van der Waals surface area (Å²) in [6, 6.07) is 19.4. The SMILES string of the molecule is CCN(CC)C(=O)C(Sc1n[nH]c(=O)n1Cc1ccccc1)c1ccccc1. The van der Waals surface area contributed by atoms with Gasteiger partial charge < -0.3 is 4.90 Å². The van der Waals surface area contributed by atoms with Gasteiger partial charge in [-0.3, -0.25) is 9.36 Å². The number of nitrogens with zero attached hydrogens (tertiary/aromatic N) is 3. The van der Waals surface area contributed by atoms with E-state index in [0.717, 1.165) is 11.1 Å². The van der Waals surface area contributed by atoms with Crippen LogP contribution in [0.1, 0.15) is 30.2 Å². The predicted molar refractivity (Wildman–Crippen MR) is 111 cm³/mol. The lowest BCUT2D eigenvalue weighted by molar-refractivity contribution is -0.130. The van der Waals surface area contributed by atoms with Gasteiger partial charge in [0.25, 0.3) is 0 Å². The van der Waals surface area contributed by atoms with Gasteiger partial charge in [0.05, 0.1) is 6.54 Å². The summed E-state index contributed by atoms with van der Waals surface area (Å²) in [5.74, 6) is 0.0166. The van der Waals surface area contributed by atoms with Gasteiger partial charge in [0.15, 0.2) is 5.16 Å². The van der Waals surface area contributed by atoms with Crippen LogP contribution in [0.25, 0.3) is 0 Å². The number of thioether (sulfide) groups is 1. The van der Waals surface area contributed by atoms with Crippen LogP contribution < -0.4 is 5.69 Å². The molecule has 0 saturated heterocycles. The molecule has 1 unspecified atom stereocenters. The van der Waals surface area contributed by atoms with Crippen LogP contribution in [-0.2, 0) is 11.3 Å². The molecule has 1 heterocycles. The molecule has 0 radical (unpaired) electrons. The molecule has 0 fully saturated rings. The first-order valence-electron chi connectivity index (χ1n) is 9.33. The van der Waals surface area contributed by atoms with E-state index < -0.39 is 5.25 Å². The Balaban J connectivity index is 1.93. The number of carbonyl (C=O) groups excluding carboxylic acids is 1. The maximum atomic E-state index is 13.2. The molecule has 7 heteroatoms. The molecule has 28 heavy (non-hydrogen) atoms. The summed E-state index contributed by atoms with van der Waals surface area (Å²) in [6.45, 7) is 5.61. The van der Waals surface area contributed by atoms with Gasteiger partial charge in [-0.15, -0.1) is 5.10 Å². The zero-order valence-corrected chi connectivity index (χ0v) is 16.9. The van der Waals surface area contributed by atoms with Gasteiger partial charge in [0, 0.05) is 13.1 Å². The number of nitrogens with one attached hydrogen (secondary N) is 1. The topological polar surface area (TPSA) is 71.0 Å². The van der Waals surface area contributed by atoms with Gasteiger partial charge in [0.1, 0.15) is 5.25 Å². The van der Waals surface area contributed by atoms with Gasteiger partial charge in [-0.25, -0.2) is 9.89 Å². The lowest BCUT2D eigenvalue weighted by Crippen LogP contribution is -2.34. The van der Waals surface area contributed by atoms with E-state index in [4.69, 9.17) is 0 Å². The first-order valence-corrected chi connectivity index (χ1v) is 10.2. The molecule has 6 nitrogen and oxygen atoms in total. The molecule has 1 N–H and O–H groups in total. The van der Waals surface area contributed by atoms with Crippen molar-refractivity contribution in [1.82, 2.24) is 19.7 Å². The average Bonchev–Trinajstić information content (AvgIpc) is 3.07. The predicted octanol–water partition coefficient (Wildman–Crippen LogP) is 3.32. The van der Waals surface area contributed by atoms with Crippen molar-refractivity contribution in [2.45, 2.75) is 30.8 Å². The number of carbonyl (C=O) groups is 1. The third kappa shape index (κ3) is 4.54. The number of benzene rings is 2. The summed E-state index contributed by atoms with van der Waals surface area (Å²) >= 11 is 1.31. The van der Waals surface area contributed by atoms with Crippen molar-refractivity contribution in [2.24, 2.45) is 0 Å². The summed E-state index contributed by atoms with van der Waals surface area (Å²) in [7, 11) is 0. The molecular formula is C21H24N4O2S. The van der Waals surface area contributed by atoms with E-state index in [-0.39, 0.29) is 11.6 Å². The molecule has 1 aromatic heterocycles. The fraction of sp³-hybridized carbons (Fsp3) is 0.286. The maximum Gasteiger partial charge on any atom is 0.344 e. The lowest BCUT2D eigenvalue weighted by atomic mass is 10.1. The van der Waals surface area contributed by atoms with E-state index in [1.165, 1.54) is 11.8 Å². The van der Waals surface area contributed by atoms with Gasteiger partial charge in [0.2, 0.25) is 5.91 Å². The average molecular weight is 397 g/mol. The second kappa shape index (κ2) is 9.41. The van der Waals surface area contributed by atoms with E-state index in [9.17, 15) is 9.59 Å². The summed E-state index contributed by atoms with van der Waals surface area (Å²) in [5, 5.41) is 6.75. The smallest absolute Gasteiger partial charge is 0.342 e. The van der Waals surface area contributed by atoms with Crippen LogP contribution >= 0.6 is 11.8 Å². The molecule has 3 rings (SSSR count). The monoisotopic (exact) mass is 396 g/mol. The summed E-state index contributed by atoms with van der Waals surface area (Å²) in [4.78, 5) is 27.3. The minimum absolute atomic E-state index is 0.0166. The molecule has 1 atom stereocenters. The van der Waals surface area contributed by atoms with E-state index in [1.54, 1.807) is 9.47 Å². The highest BCUT2D eigenvalue weighted by molar-refractivity contribution is 8.00. The number of hydrogen-bond donors (Lipinski definition) is 1. The number of aromatic nitrogens is 3. The van der Waals surface area contributed by atoms with Gasteiger partial charge in [-0.1, -0.05) is 72.4 Å². The summed E-state index contributed by atoms with van der Waals surface area (Å²) in [6.07, 6.45) is 0. The highest BCUT2D eigenvalue weighted by atomic mass is 32.2. The Morgan fingerprint density at radius 3 is 2.29 bits per heavy atom. The Kier molecular flexibility index (Phi) is 6.71. The number of likely N-dealkylation sites (N-methyl/N-ethyl adjacent to an activating group) is 1. The standard InChI is InChI=1S/C21H24N4O2S/c1-3-24(4-2)19(26)18(17-13-9-6-10-14-17)28-21-23-22-20(27)25(21)15-16-11-7-5-8-12-16/h5-14,18H,3-4,15H2,1-2H3,(H,22,27). The molecular weight excluding hydrogens is 372 g/mol. The summed E-state index contributed by atoms with van der Waals surface area (Å²) in [5.41, 5.74) is 1.61. The second-order valence-electron chi connectivity index (χ2n) is 6.30. The Bertz CT molecular complexity index is 949. The number of amides is 1. The van der Waals surface area contributed by atoms with Crippen molar-refractivity contribution in [3.05, 3.63) is 82.3 Å². The van der Waals surface area contributed by atoms with Crippen molar-refractivity contribution >= 4 is 17.7 Å². The molecule has 2 aromatic carbocycles. The van der Waals surface area contributed by atoms with Crippen LogP contribution in [-0.4, -0.2) is 38.7 Å². The molecule has 0 aliphatic heterocycles. The molecule has 0 spiro atoms. The molecule has 1 amide bonds. The van der Waals surface area contributed by atoms with Gasteiger partial charge >= 0.3 is 5.69 Å². The van der Waals surface area contributed by atoms with Crippen molar-refractivity contribution in [3.63, 3.8) is 0 Å². The maximum absolute atomic E-state index is 13.2. The minimum Gasteiger partial charge on any atom is -0.342 e. The van der Waals surface area contributed by atoms with Crippen molar-refractivity contribution in [3.8, 4) is 0 Å². The molecule has 3 aromatic rings. The first kappa shape index (κ1) is 19.9. The molecule has 0 aliphatic carbocycles. The van der Waals surface area contributed by atoms with Crippen molar-refractivity contribution in [2.75, 3.05) is 13.1 Å². The van der Waals surface area contributed by atoms with Gasteiger partial charge in [-0.2, -0.15) is 0 Å². The number of aromatic amines is 1. The van der Waals surface area contributed by atoms with Crippen LogP contribution in [0.4, 0.5) is 0 Å². The first-order chi connectivity index (χ1) is 13.6. The third-order valence-corrected chi connectivity index (χ3v) is 5.76. The van der Waals surface area contributed by atoms with E-state index in [1.807, 2.05) is 74.5 Å². The minimum atomic E-state index is -0.467. The number of rotatable bonds is 8. The normalized spacial score (nSPS) is 11.9. The van der Waals surface area contributed by atoms with E-state index in [0.29, 0.717) is 24.8 Å². The zero-order valence-electron chi connectivity index (χ0n) is 16.0. The summed E-state index contributed by atoms with van der Waals surface area (Å²) < 4.78 is 1.57. The van der Waals surface area contributed by atoms with Gasteiger partial charge in [-0.05, 0) is 25.0 Å². The van der Waals surface area contributed by atoms with E-state index >= 15 is 0 Å². The Labute approximate surface area is 168 Å². The molecule has 146 valence electrons. The van der Waals surface area contributed by atoms with E-state index in [2.05, 4.69) is 10.2 Å². The largest absolute Gasteiger partial charge is 0.344 e. The van der Waals surface area contributed by atoms with Crippen LogP contribution in [0, 0.1) is 0 Å². The quantitative estimate of drug-likeness (QED) is 0.593. The molecule has 0 aliphatic rings. The van der Waals surface area contributed by atoms with Crippen molar-refractivity contribution in [1.29, 1.82) is 0 Å². The number of H-pyrrole nitrogens is 1. The van der Waals surface area contributed by atoms with Crippen molar-refractivity contribution < 1.29 is 4.79 Å². The zero-order chi connectivity index (χ0) is 19.9. The third-order valence-electron chi connectivity index (χ3n) is 4.53. The molecule has 0 bridgehead atoms. The second-order valence-corrected chi connectivity index (χ2v) is 7.37. The van der Waals surface area contributed by atoms with Crippen LogP contribution in [0.5, 0.6) is 0 Å². The van der Waals surface area contributed by atoms with Crippen LogP contribution in [0.15, 0.2) is 70.6 Å². The highest BCUT2D eigenvalue weighted by Gasteiger charge is 2.28. The fourth-order valence-electron chi connectivity index (χ4n) is 2.99. The van der Waals surface area contributed by atoms with Crippen LogP contribution in [0.3, 0.4) is 0 Å². The number of hydrogen-bond acceptors (Lipinski definition) is 4. The highest BCUT2D eigenvalue weighted by Crippen LogP contribution is 2.35. The fourth-order valence-corrected chi connectivity index (χ4v) is 4.12. The Hall–Kier alpha value is -2.80. The Morgan fingerprint density at radius 1 is 1.07 bits per heavy atom. The molecule has 0 saturated carbocycles.